The maximum absolute atomic E-state index is 12.7. The largest absolute Gasteiger partial charge is 0.497 e. The normalized spacial score (nSPS) is 17.8. The summed E-state index contributed by atoms with van der Waals surface area (Å²) in [6, 6.07) is 7.21. The predicted molar refractivity (Wildman–Crippen MR) is 85.9 cm³/mol. The van der Waals surface area contributed by atoms with E-state index in [9.17, 15) is 4.79 Å². The summed E-state index contributed by atoms with van der Waals surface area (Å²) in [7, 11) is 3.17. The van der Waals surface area contributed by atoms with Crippen molar-refractivity contribution in [1.29, 1.82) is 0 Å². The lowest BCUT2D eigenvalue weighted by molar-refractivity contribution is 0.0703. The molecule has 1 aliphatic rings. The van der Waals surface area contributed by atoms with Gasteiger partial charge in [0, 0.05) is 31.7 Å². The molecule has 1 aliphatic heterocycles. The molecule has 1 amide bonds. The van der Waals surface area contributed by atoms with Crippen molar-refractivity contribution in [3.8, 4) is 5.75 Å². The fourth-order valence-corrected chi connectivity index (χ4v) is 2.93. The van der Waals surface area contributed by atoms with E-state index >= 15 is 0 Å². The maximum atomic E-state index is 12.7. The first-order chi connectivity index (χ1) is 11.7. The molecule has 0 saturated carbocycles. The molecule has 0 aliphatic carbocycles. The minimum absolute atomic E-state index is 0.000732. The van der Waals surface area contributed by atoms with Crippen LogP contribution in [-0.2, 0) is 11.3 Å². The third-order valence-corrected chi connectivity index (χ3v) is 4.14. The van der Waals surface area contributed by atoms with Gasteiger partial charge in [-0.1, -0.05) is 11.2 Å². The smallest absolute Gasteiger partial charge is 0.254 e. The molecule has 2 aromatic rings. The Morgan fingerprint density at radius 3 is 3.08 bits per heavy atom. The van der Waals surface area contributed by atoms with E-state index in [0.29, 0.717) is 36.2 Å². The second kappa shape index (κ2) is 7.44. The van der Waals surface area contributed by atoms with Crippen LogP contribution in [0, 0.1) is 0 Å². The molecule has 1 aromatic carbocycles. The molecule has 1 unspecified atom stereocenters. The van der Waals surface area contributed by atoms with Crippen LogP contribution in [0.25, 0.3) is 0 Å². The number of benzene rings is 1. The molecule has 7 nitrogen and oxygen atoms in total. The Hall–Kier alpha value is -2.41. The molecule has 7 heteroatoms. The van der Waals surface area contributed by atoms with E-state index in [0.717, 1.165) is 19.4 Å². The average Bonchev–Trinajstić information content (AvgIpc) is 3.10. The number of ether oxygens (including phenoxy) is 2. The van der Waals surface area contributed by atoms with Gasteiger partial charge in [0.1, 0.15) is 12.4 Å². The standard InChI is InChI=1S/C17H21N3O4/c1-22-11-15-18-16(19-24-15)13-6-4-8-20(10-13)17(21)12-5-3-7-14(9-12)23-2/h3,5,7,9,13H,4,6,8,10-11H2,1-2H3. The van der Waals surface area contributed by atoms with Gasteiger partial charge in [0.2, 0.25) is 0 Å². The highest BCUT2D eigenvalue weighted by molar-refractivity contribution is 5.94. The van der Waals surface area contributed by atoms with Crippen LogP contribution in [0.4, 0.5) is 0 Å². The summed E-state index contributed by atoms with van der Waals surface area (Å²) in [6.07, 6.45) is 1.85. The number of rotatable bonds is 5. The molecule has 1 atom stereocenters. The summed E-state index contributed by atoms with van der Waals surface area (Å²) in [5, 5.41) is 4.03. The van der Waals surface area contributed by atoms with E-state index in [-0.39, 0.29) is 11.8 Å². The summed E-state index contributed by atoms with van der Waals surface area (Å²) < 4.78 is 15.4. The van der Waals surface area contributed by atoms with Gasteiger partial charge in [-0.25, -0.2) is 0 Å². The highest BCUT2D eigenvalue weighted by atomic mass is 16.5. The number of hydrogen-bond acceptors (Lipinski definition) is 6. The molecular formula is C17H21N3O4. The van der Waals surface area contributed by atoms with E-state index in [1.165, 1.54) is 0 Å². The van der Waals surface area contributed by atoms with Gasteiger partial charge in [-0.05, 0) is 31.0 Å². The zero-order chi connectivity index (χ0) is 16.9. The molecule has 24 heavy (non-hydrogen) atoms. The zero-order valence-electron chi connectivity index (χ0n) is 13.9. The lowest BCUT2D eigenvalue weighted by atomic mass is 9.96. The Morgan fingerprint density at radius 2 is 2.29 bits per heavy atom. The monoisotopic (exact) mass is 331 g/mol. The number of nitrogens with zero attached hydrogens (tertiary/aromatic N) is 3. The second-order valence-corrected chi connectivity index (χ2v) is 5.80. The molecule has 0 spiro atoms. The van der Waals surface area contributed by atoms with E-state index in [4.69, 9.17) is 14.0 Å². The summed E-state index contributed by atoms with van der Waals surface area (Å²) in [5.41, 5.74) is 0.628. The van der Waals surface area contributed by atoms with Crippen molar-refractivity contribution in [3.05, 3.63) is 41.5 Å². The Bertz CT molecular complexity index is 701. The predicted octanol–water partition coefficient (Wildman–Crippen LogP) is 2.24. The van der Waals surface area contributed by atoms with Crippen LogP contribution in [0.3, 0.4) is 0 Å². The van der Waals surface area contributed by atoms with Crippen LogP contribution in [0.5, 0.6) is 5.75 Å². The van der Waals surface area contributed by atoms with Crippen molar-refractivity contribution in [2.24, 2.45) is 0 Å². The van der Waals surface area contributed by atoms with Gasteiger partial charge in [0.25, 0.3) is 11.8 Å². The average molecular weight is 331 g/mol. The molecule has 0 radical (unpaired) electrons. The quantitative estimate of drug-likeness (QED) is 0.836. The highest BCUT2D eigenvalue weighted by Crippen LogP contribution is 2.26. The number of likely N-dealkylation sites (tertiary alicyclic amines) is 1. The highest BCUT2D eigenvalue weighted by Gasteiger charge is 2.28. The van der Waals surface area contributed by atoms with E-state index in [1.54, 1.807) is 26.4 Å². The van der Waals surface area contributed by atoms with E-state index < -0.39 is 0 Å². The number of hydrogen-bond donors (Lipinski definition) is 0. The fourth-order valence-electron chi connectivity index (χ4n) is 2.93. The van der Waals surface area contributed by atoms with Crippen molar-refractivity contribution in [3.63, 3.8) is 0 Å². The summed E-state index contributed by atoms with van der Waals surface area (Å²) >= 11 is 0. The molecule has 128 valence electrons. The number of amides is 1. The van der Waals surface area contributed by atoms with Crippen LogP contribution in [0.15, 0.2) is 28.8 Å². The molecule has 2 heterocycles. The lowest BCUT2D eigenvalue weighted by Gasteiger charge is -2.31. The zero-order valence-corrected chi connectivity index (χ0v) is 13.9. The van der Waals surface area contributed by atoms with Crippen molar-refractivity contribution < 1.29 is 18.8 Å². The Labute approximate surface area is 140 Å². The third-order valence-electron chi connectivity index (χ3n) is 4.14. The first-order valence-electron chi connectivity index (χ1n) is 7.96. The second-order valence-electron chi connectivity index (χ2n) is 5.80. The van der Waals surface area contributed by atoms with Gasteiger partial charge in [-0.3, -0.25) is 4.79 Å². The molecular weight excluding hydrogens is 310 g/mol. The third kappa shape index (κ3) is 3.56. The van der Waals surface area contributed by atoms with Crippen molar-refractivity contribution in [2.75, 3.05) is 27.3 Å². The van der Waals surface area contributed by atoms with Crippen LogP contribution < -0.4 is 4.74 Å². The molecule has 0 bridgehead atoms. The molecule has 3 rings (SSSR count). The summed E-state index contributed by atoms with van der Waals surface area (Å²) in [5.74, 6) is 1.87. The first-order valence-corrected chi connectivity index (χ1v) is 7.96. The number of carbonyl (C=O) groups is 1. The molecule has 0 N–H and O–H groups in total. The van der Waals surface area contributed by atoms with Gasteiger partial charge < -0.3 is 18.9 Å². The summed E-state index contributed by atoms with van der Waals surface area (Å²) in [6.45, 7) is 1.61. The van der Waals surface area contributed by atoms with Gasteiger partial charge in [0.15, 0.2) is 5.82 Å². The Kier molecular flexibility index (Phi) is 5.10. The van der Waals surface area contributed by atoms with Crippen LogP contribution >= 0.6 is 0 Å². The van der Waals surface area contributed by atoms with Gasteiger partial charge in [-0.15, -0.1) is 0 Å². The summed E-state index contributed by atoms with van der Waals surface area (Å²) in [4.78, 5) is 18.9. The number of methoxy groups -OCH3 is 2. The first kappa shape index (κ1) is 16.4. The van der Waals surface area contributed by atoms with Crippen LogP contribution in [0.2, 0.25) is 0 Å². The van der Waals surface area contributed by atoms with Crippen LogP contribution in [0.1, 0.15) is 40.8 Å². The van der Waals surface area contributed by atoms with Crippen molar-refractivity contribution in [1.82, 2.24) is 15.0 Å². The Morgan fingerprint density at radius 1 is 1.42 bits per heavy atom. The minimum atomic E-state index is -0.000732. The number of carbonyl (C=O) groups excluding carboxylic acids is 1. The number of aromatic nitrogens is 2. The van der Waals surface area contributed by atoms with E-state index in [2.05, 4.69) is 10.1 Å². The molecule has 1 fully saturated rings. The van der Waals surface area contributed by atoms with Gasteiger partial charge in [-0.2, -0.15) is 4.98 Å². The van der Waals surface area contributed by atoms with Crippen LogP contribution in [-0.4, -0.2) is 48.3 Å². The SMILES string of the molecule is COCc1nc(C2CCCN(C(=O)c3cccc(OC)c3)C2)no1. The van der Waals surface area contributed by atoms with E-state index in [1.807, 2.05) is 17.0 Å². The van der Waals surface area contributed by atoms with Crippen molar-refractivity contribution >= 4 is 5.91 Å². The maximum Gasteiger partial charge on any atom is 0.254 e. The molecule has 1 aromatic heterocycles. The lowest BCUT2D eigenvalue weighted by Crippen LogP contribution is -2.39. The van der Waals surface area contributed by atoms with Gasteiger partial charge in [0.05, 0.1) is 7.11 Å². The Balaban J connectivity index is 1.71. The van der Waals surface area contributed by atoms with Gasteiger partial charge >= 0.3 is 0 Å². The topological polar surface area (TPSA) is 77.7 Å². The minimum Gasteiger partial charge on any atom is -0.497 e. The number of piperidine rings is 1. The van der Waals surface area contributed by atoms with Crippen molar-refractivity contribution in [2.45, 2.75) is 25.4 Å². The molecule has 1 saturated heterocycles. The fraction of sp³-hybridized carbons (Fsp3) is 0.471.